The van der Waals surface area contributed by atoms with E-state index in [4.69, 9.17) is 9.15 Å². The molecular formula is C13H24N2O4S. The van der Waals surface area contributed by atoms with Crippen LogP contribution in [0.15, 0.2) is 15.4 Å². The molecule has 0 aliphatic carbocycles. The summed E-state index contributed by atoms with van der Waals surface area (Å²) in [7, 11) is -3.54. The molecule has 0 saturated carbocycles. The third-order valence-corrected chi connectivity index (χ3v) is 4.18. The first kappa shape index (κ1) is 17.2. The van der Waals surface area contributed by atoms with Crippen molar-refractivity contribution in [1.29, 1.82) is 0 Å². The van der Waals surface area contributed by atoms with Gasteiger partial charge in [0.1, 0.15) is 16.4 Å². The van der Waals surface area contributed by atoms with Crippen LogP contribution in [0.25, 0.3) is 0 Å². The molecule has 1 heterocycles. The van der Waals surface area contributed by atoms with Crippen molar-refractivity contribution in [3.8, 4) is 0 Å². The first-order chi connectivity index (χ1) is 9.36. The van der Waals surface area contributed by atoms with E-state index in [1.54, 1.807) is 13.0 Å². The molecule has 0 radical (unpaired) electrons. The molecule has 0 unspecified atom stereocenters. The van der Waals surface area contributed by atoms with E-state index >= 15 is 0 Å². The maximum Gasteiger partial charge on any atom is 0.244 e. The zero-order chi connectivity index (χ0) is 15.2. The Labute approximate surface area is 120 Å². The summed E-state index contributed by atoms with van der Waals surface area (Å²) >= 11 is 0. The molecule has 0 spiro atoms. The van der Waals surface area contributed by atoms with Crippen LogP contribution in [0.3, 0.4) is 0 Å². The van der Waals surface area contributed by atoms with Crippen LogP contribution in [0.5, 0.6) is 0 Å². The van der Waals surface area contributed by atoms with Crippen LogP contribution in [0.4, 0.5) is 0 Å². The molecule has 0 aliphatic rings. The average Bonchev–Trinajstić information content (AvgIpc) is 2.74. The maximum atomic E-state index is 12.1. The van der Waals surface area contributed by atoms with Gasteiger partial charge < -0.3 is 14.5 Å². The van der Waals surface area contributed by atoms with Gasteiger partial charge in [-0.2, -0.15) is 0 Å². The Hall–Kier alpha value is -0.890. The van der Waals surface area contributed by atoms with Gasteiger partial charge in [-0.05, 0) is 27.3 Å². The molecule has 0 bridgehead atoms. The highest BCUT2D eigenvalue weighted by Gasteiger charge is 2.20. The largest absolute Gasteiger partial charge is 0.464 e. The summed E-state index contributed by atoms with van der Waals surface area (Å²) in [5.41, 5.74) is 0. The fourth-order valence-electron chi connectivity index (χ4n) is 1.67. The van der Waals surface area contributed by atoms with E-state index in [0.29, 0.717) is 24.7 Å². The Balaban J connectivity index is 2.64. The van der Waals surface area contributed by atoms with E-state index in [2.05, 4.69) is 10.0 Å². The lowest BCUT2D eigenvalue weighted by atomic mass is 10.4. The van der Waals surface area contributed by atoms with Gasteiger partial charge in [0.25, 0.3) is 0 Å². The van der Waals surface area contributed by atoms with Crippen LogP contribution in [-0.4, -0.2) is 34.2 Å². The summed E-state index contributed by atoms with van der Waals surface area (Å²) < 4.78 is 37.5. The fraction of sp³-hybridized carbons (Fsp3) is 0.692. The van der Waals surface area contributed by atoms with Gasteiger partial charge in [0.2, 0.25) is 10.0 Å². The highest BCUT2D eigenvalue weighted by molar-refractivity contribution is 7.89. The molecular weight excluding hydrogens is 280 g/mol. The summed E-state index contributed by atoms with van der Waals surface area (Å²) in [6, 6.07) is 1.56. The zero-order valence-electron chi connectivity index (χ0n) is 12.5. The number of nitrogens with one attached hydrogen (secondary N) is 2. The lowest BCUT2D eigenvalue weighted by molar-refractivity contribution is 0.0834. The van der Waals surface area contributed by atoms with E-state index in [1.807, 2.05) is 20.8 Å². The smallest absolute Gasteiger partial charge is 0.244 e. The minimum atomic E-state index is -3.54. The van der Waals surface area contributed by atoms with E-state index in [-0.39, 0.29) is 17.5 Å². The molecule has 1 aromatic rings. The Morgan fingerprint density at radius 1 is 1.40 bits per heavy atom. The van der Waals surface area contributed by atoms with Crippen molar-refractivity contribution < 1.29 is 17.6 Å². The summed E-state index contributed by atoms with van der Waals surface area (Å²) in [5, 5.41) is 3.09. The number of hydrogen-bond acceptors (Lipinski definition) is 5. The highest BCUT2D eigenvalue weighted by Crippen LogP contribution is 2.19. The minimum absolute atomic E-state index is 0.0851. The van der Waals surface area contributed by atoms with Gasteiger partial charge in [0.15, 0.2) is 0 Å². The number of sulfonamides is 1. The van der Waals surface area contributed by atoms with E-state index in [9.17, 15) is 8.42 Å². The van der Waals surface area contributed by atoms with Gasteiger partial charge in [-0.15, -0.1) is 0 Å². The quantitative estimate of drug-likeness (QED) is 0.674. The third-order valence-electron chi connectivity index (χ3n) is 2.61. The topological polar surface area (TPSA) is 80.6 Å². The maximum absolute atomic E-state index is 12.1. The second kappa shape index (κ2) is 7.78. The van der Waals surface area contributed by atoms with Crippen LogP contribution in [0, 0.1) is 6.92 Å². The predicted molar refractivity (Wildman–Crippen MR) is 77.1 cm³/mol. The van der Waals surface area contributed by atoms with Crippen LogP contribution >= 0.6 is 0 Å². The molecule has 6 nitrogen and oxygen atoms in total. The average molecular weight is 304 g/mol. The Bertz CT molecular complexity index is 508. The van der Waals surface area contributed by atoms with Crippen molar-refractivity contribution in [3.05, 3.63) is 17.6 Å². The SMILES string of the molecule is CCNCc1cc(S(=O)(=O)NCCOC(C)C)c(C)o1. The molecule has 116 valence electrons. The molecule has 0 aliphatic heterocycles. The van der Waals surface area contributed by atoms with Crippen molar-refractivity contribution in [2.75, 3.05) is 19.7 Å². The van der Waals surface area contributed by atoms with E-state index in [0.717, 1.165) is 6.54 Å². The lowest BCUT2D eigenvalue weighted by Gasteiger charge is -2.08. The summed E-state index contributed by atoms with van der Waals surface area (Å²) in [4.78, 5) is 0.190. The van der Waals surface area contributed by atoms with Crippen LogP contribution < -0.4 is 10.0 Å². The molecule has 1 aromatic heterocycles. The monoisotopic (exact) mass is 304 g/mol. The first-order valence-electron chi connectivity index (χ1n) is 6.78. The van der Waals surface area contributed by atoms with Gasteiger partial charge >= 0.3 is 0 Å². The molecule has 0 aromatic carbocycles. The molecule has 20 heavy (non-hydrogen) atoms. The van der Waals surface area contributed by atoms with Crippen molar-refractivity contribution in [1.82, 2.24) is 10.0 Å². The summed E-state index contributed by atoms with van der Waals surface area (Å²) in [5.74, 6) is 1.01. The van der Waals surface area contributed by atoms with Crippen LogP contribution in [0.2, 0.25) is 0 Å². The molecule has 0 atom stereocenters. The van der Waals surface area contributed by atoms with Crippen molar-refractivity contribution >= 4 is 10.0 Å². The number of ether oxygens (including phenoxy) is 1. The van der Waals surface area contributed by atoms with Crippen molar-refractivity contribution in [3.63, 3.8) is 0 Å². The number of aryl methyl sites for hydroxylation is 1. The summed E-state index contributed by atoms with van der Waals surface area (Å²) in [6.45, 7) is 9.34. The molecule has 0 amide bonds. The highest BCUT2D eigenvalue weighted by atomic mass is 32.2. The van der Waals surface area contributed by atoms with Gasteiger partial charge in [-0.3, -0.25) is 0 Å². The van der Waals surface area contributed by atoms with Crippen molar-refractivity contribution in [2.45, 2.75) is 45.2 Å². The number of rotatable bonds is 9. The van der Waals surface area contributed by atoms with Gasteiger partial charge in [-0.25, -0.2) is 13.1 Å². The third kappa shape index (κ3) is 5.24. The molecule has 1 rings (SSSR count). The van der Waals surface area contributed by atoms with E-state index < -0.39 is 10.0 Å². The zero-order valence-corrected chi connectivity index (χ0v) is 13.3. The second-order valence-corrected chi connectivity index (χ2v) is 6.47. The fourth-order valence-corrected chi connectivity index (χ4v) is 2.89. The Morgan fingerprint density at radius 2 is 2.10 bits per heavy atom. The van der Waals surface area contributed by atoms with Crippen LogP contribution in [-0.2, 0) is 21.3 Å². The standard InChI is InChI=1S/C13H24N2O4S/c1-5-14-9-12-8-13(11(4)19-12)20(16,17)15-6-7-18-10(2)3/h8,10,14-15H,5-7,9H2,1-4H3. The minimum Gasteiger partial charge on any atom is -0.464 e. The van der Waals surface area contributed by atoms with Crippen molar-refractivity contribution in [2.24, 2.45) is 0 Å². The Morgan fingerprint density at radius 3 is 2.70 bits per heavy atom. The van der Waals surface area contributed by atoms with Crippen LogP contribution in [0.1, 0.15) is 32.3 Å². The summed E-state index contributed by atoms with van der Waals surface area (Å²) in [6.07, 6.45) is 0.0851. The predicted octanol–water partition coefficient (Wildman–Crippen LogP) is 1.40. The normalized spacial score (nSPS) is 12.2. The van der Waals surface area contributed by atoms with Gasteiger partial charge in [0, 0.05) is 12.6 Å². The van der Waals surface area contributed by atoms with Gasteiger partial charge in [-0.1, -0.05) is 6.92 Å². The second-order valence-electron chi connectivity index (χ2n) is 4.73. The molecule has 7 heteroatoms. The number of hydrogen-bond donors (Lipinski definition) is 2. The molecule has 2 N–H and O–H groups in total. The van der Waals surface area contributed by atoms with E-state index in [1.165, 1.54) is 0 Å². The first-order valence-corrected chi connectivity index (χ1v) is 8.26. The lowest BCUT2D eigenvalue weighted by Crippen LogP contribution is -2.28. The molecule has 0 fully saturated rings. The molecule has 0 saturated heterocycles. The Kier molecular flexibility index (Phi) is 6.67. The number of furan rings is 1. The van der Waals surface area contributed by atoms with Gasteiger partial charge in [0.05, 0.1) is 19.3 Å².